The van der Waals surface area contributed by atoms with E-state index in [1.165, 1.54) is 6.07 Å². The number of carbonyl (C=O) groups excluding carboxylic acids is 1. The van der Waals surface area contributed by atoms with Gasteiger partial charge in [0.25, 0.3) is 11.5 Å². The number of sulfonamides is 1. The van der Waals surface area contributed by atoms with E-state index in [-0.39, 0.29) is 17.9 Å². The predicted octanol–water partition coefficient (Wildman–Crippen LogP) is -1.30. The van der Waals surface area contributed by atoms with Crippen LogP contribution >= 0.6 is 0 Å². The van der Waals surface area contributed by atoms with Gasteiger partial charge in [-0.1, -0.05) is 0 Å². The summed E-state index contributed by atoms with van der Waals surface area (Å²) in [6.07, 6.45) is 0. The minimum atomic E-state index is -3.62. The van der Waals surface area contributed by atoms with Gasteiger partial charge >= 0.3 is 0 Å². The molecule has 0 radical (unpaired) electrons. The number of nitrogens with one attached hydrogen (secondary N) is 2. The topological polar surface area (TPSA) is 122 Å². The van der Waals surface area contributed by atoms with Crippen LogP contribution in [0.15, 0.2) is 16.9 Å². The van der Waals surface area contributed by atoms with Gasteiger partial charge in [0.05, 0.1) is 5.75 Å². The van der Waals surface area contributed by atoms with Crippen molar-refractivity contribution in [2.24, 2.45) is 5.14 Å². The van der Waals surface area contributed by atoms with Gasteiger partial charge in [-0.25, -0.2) is 13.6 Å². The molecule has 8 heteroatoms. The highest BCUT2D eigenvalue weighted by molar-refractivity contribution is 7.89. The summed E-state index contributed by atoms with van der Waals surface area (Å²) >= 11 is 0. The van der Waals surface area contributed by atoms with Crippen LogP contribution in [0.3, 0.4) is 0 Å². The largest absolute Gasteiger partial charge is 0.351 e. The molecule has 17 heavy (non-hydrogen) atoms. The smallest absolute Gasteiger partial charge is 0.260 e. The summed E-state index contributed by atoms with van der Waals surface area (Å²) in [7, 11) is -3.62. The molecule has 1 aromatic rings. The van der Waals surface area contributed by atoms with E-state index in [1.807, 2.05) is 0 Å². The van der Waals surface area contributed by atoms with Crippen LogP contribution in [0.4, 0.5) is 0 Å². The number of hydrogen-bond donors (Lipinski definition) is 3. The van der Waals surface area contributed by atoms with Crippen molar-refractivity contribution in [1.29, 1.82) is 0 Å². The molecular weight excluding hydrogens is 246 g/mol. The number of H-pyrrole nitrogens is 1. The number of aryl methyl sites for hydroxylation is 1. The predicted molar refractivity (Wildman–Crippen MR) is 62.1 cm³/mol. The summed E-state index contributed by atoms with van der Waals surface area (Å²) in [5.74, 6) is -1.00. The zero-order valence-electron chi connectivity index (χ0n) is 9.19. The van der Waals surface area contributed by atoms with E-state index in [1.54, 1.807) is 13.0 Å². The highest BCUT2D eigenvalue weighted by Gasteiger charge is 2.10. The Labute approximate surface area is 98.1 Å². The molecule has 0 saturated heterocycles. The monoisotopic (exact) mass is 259 g/mol. The Kier molecular flexibility index (Phi) is 4.02. The lowest BCUT2D eigenvalue weighted by Gasteiger charge is -2.03. The first kappa shape index (κ1) is 13.4. The second-order valence-electron chi connectivity index (χ2n) is 3.51. The number of amides is 1. The zero-order valence-corrected chi connectivity index (χ0v) is 10.0. The lowest BCUT2D eigenvalue weighted by Crippen LogP contribution is -2.34. The number of carbonyl (C=O) groups is 1. The van der Waals surface area contributed by atoms with E-state index in [4.69, 9.17) is 5.14 Å². The van der Waals surface area contributed by atoms with Gasteiger partial charge in [-0.05, 0) is 19.1 Å². The van der Waals surface area contributed by atoms with E-state index in [0.717, 1.165) is 0 Å². The highest BCUT2D eigenvalue weighted by atomic mass is 32.2. The van der Waals surface area contributed by atoms with Crippen molar-refractivity contribution >= 4 is 15.9 Å². The number of aromatic nitrogens is 1. The Balaban J connectivity index is 2.68. The fraction of sp³-hybridized carbons (Fsp3) is 0.333. The lowest BCUT2D eigenvalue weighted by atomic mass is 10.2. The molecule has 0 aliphatic heterocycles. The average Bonchev–Trinajstić information content (AvgIpc) is 2.15. The fourth-order valence-corrected chi connectivity index (χ4v) is 1.54. The van der Waals surface area contributed by atoms with Gasteiger partial charge in [0, 0.05) is 12.2 Å². The van der Waals surface area contributed by atoms with Crippen molar-refractivity contribution in [3.05, 3.63) is 33.7 Å². The molecule has 1 rings (SSSR count). The van der Waals surface area contributed by atoms with Gasteiger partial charge in [0.15, 0.2) is 0 Å². The van der Waals surface area contributed by atoms with Crippen LogP contribution < -0.4 is 16.0 Å². The molecular formula is C9H13N3O4S. The summed E-state index contributed by atoms with van der Waals surface area (Å²) in [6, 6.07) is 2.95. The van der Waals surface area contributed by atoms with Gasteiger partial charge in [-0.2, -0.15) is 0 Å². The average molecular weight is 259 g/mol. The first-order chi connectivity index (χ1) is 7.79. The molecule has 0 spiro atoms. The second-order valence-corrected chi connectivity index (χ2v) is 5.24. The summed E-state index contributed by atoms with van der Waals surface area (Å²) in [5.41, 5.74) is 0.0548. The van der Waals surface area contributed by atoms with Crippen molar-refractivity contribution < 1.29 is 13.2 Å². The molecule has 94 valence electrons. The number of hydrogen-bond acceptors (Lipinski definition) is 4. The van der Waals surface area contributed by atoms with Crippen LogP contribution in [-0.4, -0.2) is 31.6 Å². The van der Waals surface area contributed by atoms with Crippen LogP contribution in [0.2, 0.25) is 0 Å². The van der Waals surface area contributed by atoms with Crippen LogP contribution in [0.1, 0.15) is 16.1 Å². The number of aromatic amines is 1. The van der Waals surface area contributed by atoms with Gasteiger partial charge in [-0.15, -0.1) is 0 Å². The van der Waals surface area contributed by atoms with Gasteiger partial charge in [0.1, 0.15) is 5.56 Å². The van der Waals surface area contributed by atoms with Crippen molar-refractivity contribution in [2.45, 2.75) is 6.92 Å². The summed E-state index contributed by atoms with van der Waals surface area (Å²) in [5, 5.41) is 7.06. The van der Waals surface area contributed by atoms with Crippen molar-refractivity contribution in [1.82, 2.24) is 10.3 Å². The normalized spacial score (nSPS) is 11.2. The standard InChI is InChI=1S/C9H13N3O4S/c1-6-2-3-7(9(14)12-6)8(13)11-4-5-17(10,15)16/h2-3H,4-5H2,1H3,(H,11,13)(H,12,14)(H2,10,15,16). The second kappa shape index (κ2) is 5.11. The van der Waals surface area contributed by atoms with Gasteiger partial charge in [0.2, 0.25) is 10.0 Å². The van der Waals surface area contributed by atoms with Crippen molar-refractivity contribution in [2.75, 3.05) is 12.3 Å². The Hall–Kier alpha value is -1.67. The zero-order chi connectivity index (χ0) is 13.1. The molecule has 0 unspecified atom stereocenters. The lowest BCUT2D eigenvalue weighted by molar-refractivity contribution is 0.0954. The minimum absolute atomic E-state index is 0.0648. The third-order valence-corrected chi connectivity index (χ3v) is 2.75. The Bertz CT molecular complexity index is 576. The maximum atomic E-state index is 11.5. The third-order valence-electron chi connectivity index (χ3n) is 1.97. The highest BCUT2D eigenvalue weighted by Crippen LogP contribution is 1.93. The molecule has 1 heterocycles. The molecule has 0 aliphatic carbocycles. The molecule has 7 nitrogen and oxygen atoms in total. The molecule has 0 fully saturated rings. The van der Waals surface area contributed by atoms with E-state index < -0.39 is 21.5 Å². The van der Waals surface area contributed by atoms with Crippen LogP contribution in [0.25, 0.3) is 0 Å². The van der Waals surface area contributed by atoms with E-state index >= 15 is 0 Å². The molecule has 0 atom stereocenters. The number of primary sulfonamides is 1. The maximum Gasteiger partial charge on any atom is 0.260 e. The number of pyridine rings is 1. The molecule has 1 amide bonds. The quantitative estimate of drug-likeness (QED) is 0.622. The SMILES string of the molecule is Cc1ccc(C(=O)NCCS(N)(=O)=O)c(=O)[nH]1. The number of rotatable bonds is 4. The first-order valence-corrected chi connectivity index (χ1v) is 6.50. The molecule has 1 aromatic heterocycles. The van der Waals surface area contributed by atoms with Gasteiger partial charge in [-0.3, -0.25) is 9.59 Å². The van der Waals surface area contributed by atoms with Crippen LogP contribution in [0, 0.1) is 6.92 Å². The first-order valence-electron chi connectivity index (χ1n) is 4.78. The van der Waals surface area contributed by atoms with Crippen molar-refractivity contribution in [3.8, 4) is 0 Å². The van der Waals surface area contributed by atoms with E-state index in [0.29, 0.717) is 5.69 Å². The molecule has 0 saturated carbocycles. The van der Waals surface area contributed by atoms with Crippen molar-refractivity contribution in [3.63, 3.8) is 0 Å². The molecule has 0 aliphatic rings. The molecule has 0 aromatic carbocycles. The minimum Gasteiger partial charge on any atom is -0.351 e. The van der Waals surface area contributed by atoms with Crippen LogP contribution in [-0.2, 0) is 10.0 Å². The third kappa shape index (κ3) is 4.37. The Morgan fingerprint density at radius 3 is 2.65 bits per heavy atom. The number of nitrogens with two attached hydrogens (primary N) is 1. The molecule has 0 bridgehead atoms. The summed E-state index contributed by atoms with van der Waals surface area (Å²) in [6.45, 7) is 1.55. The summed E-state index contributed by atoms with van der Waals surface area (Å²) < 4.78 is 21.2. The molecule has 4 N–H and O–H groups in total. The Morgan fingerprint density at radius 1 is 1.47 bits per heavy atom. The maximum absolute atomic E-state index is 11.5. The van der Waals surface area contributed by atoms with Crippen LogP contribution in [0.5, 0.6) is 0 Å². The van der Waals surface area contributed by atoms with E-state index in [2.05, 4.69) is 10.3 Å². The fourth-order valence-electron chi connectivity index (χ4n) is 1.15. The summed E-state index contributed by atoms with van der Waals surface area (Å²) in [4.78, 5) is 25.3. The van der Waals surface area contributed by atoms with E-state index in [9.17, 15) is 18.0 Å². The Morgan fingerprint density at radius 2 is 2.12 bits per heavy atom. The van der Waals surface area contributed by atoms with Gasteiger partial charge < -0.3 is 10.3 Å².